The number of aromatic nitrogens is 4. The van der Waals surface area contributed by atoms with E-state index in [2.05, 4.69) is 48.8 Å². The zero-order valence-electron chi connectivity index (χ0n) is 85.6. The van der Waals surface area contributed by atoms with Gasteiger partial charge < -0.3 is 108 Å². The number of nitrogens with zero attached hydrogens (tertiary/aromatic N) is 6. The number of hydrogen-bond acceptors (Lipinski definition) is 32. The number of fused-ring (bicyclic) bond motifs is 3. The molecule has 0 radical (unpaired) electrons. The van der Waals surface area contributed by atoms with Gasteiger partial charge in [-0.25, -0.2) is 9.78 Å². The maximum atomic E-state index is 14.2. The van der Waals surface area contributed by atoms with E-state index in [4.69, 9.17) is 56.8 Å². The zero-order valence-corrected chi connectivity index (χ0v) is 86.4. The average Bonchev–Trinajstić information content (AvgIpc) is 1.61. The number of likely N-dealkylation sites (tertiary alicyclic amines) is 1. The first-order valence-electron chi connectivity index (χ1n) is 49.9. The van der Waals surface area contributed by atoms with Crippen LogP contribution in [0.5, 0.6) is 5.75 Å². The van der Waals surface area contributed by atoms with Crippen molar-refractivity contribution in [2.75, 3.05) is 189 Å². The summed E-state index contributed by atoms with van der Waals surface area (Å²) in [4.78, 5) is 228. The molecule has 6 aromatic rings. The number of nitrogens with one attached hydrogen (secondary N) is 7. The highest BCUT2D eigenvalue weighted by molar-refractivity contribution is 7.86. The first-order chi connectivity index (χ1) is 71.4. The van der Waals surface area contributed by atoms with E-state index in [1.165, 1.54) is 34.1 Å². The highest BCUT2D eigenvalue weighted by Gasteiger charge is 2.46. The monoisotopic (exact) mass is 2100 g/mol. The Balaban J connectivity index is 0.641. The second-order valence-electron chi connectivity index (χ2n) is 36.4. The summed E-state index contributed by atoms with van der Waals surface area (Å²) in [6.45, 7) is 14.9. The van der Waals surface area contributed by atoms with E-state index < -0.39 is 119 Å². The first-order valence-corrected chi connectivity index (χ1v) is 51.4. The van der Waals surface area contributed by atoms with Crippen molar-refractivity contribution in [1.82, 2.24) is 55.1 Å². The van der Waals surface area contributed by atoms with Crippen molar-refractivity contribution >= 4 is 132 Å². The number of imidazole rings is 1. The Hall–Kier alpha value is -12.9. The summed E-state index contributed by atoms with van der Waals surface area (Å²) in [6, 6.07) is 15.8. The maximum Gasteiger partial charge on any atom is 0.407 e. The number of benzene rings is 3. The largest absolute Gasteiger partial charge is 0.493 e. The molecule has 149 heavy (non-hydrogen) atoms. The molecule has 0 spiro atoms. The molecular formula is C103H139N13O32S. The molecule has 8 N–H and O–H groups in total. The Morgan fingerprint density at radius 3 is 1.75 bits per heavy atom. The third kappa shape index (κ3) is 40.9. The minimum Gasteiger partial charge on any atom is -0.493 e. The molecule has 46 heteroatoms. The van der Waals surface area contributed by atoms with Crippen molar-refractivity contribution in [1.29, 1.82) is 0 Å². The van der Waals surface area contributed by atoms with Gasteiger partial charge in [-0.1, -0.05) is 43.3 Å². The van der Waals surface area contributed by atoms with Gasteiger partial charge in [-0.05, 0) is 118 Å². The van der Waals surface area contributed by atoms with Crippen molar-refractivity contribution in [3.05, 3.63) is 131 Å². The third-order valence-electron chi connectivity index (χ3n) is 24.5. The van der Waals surface area contributed by atoms with Crippen LogP contribution in [-0.2, 0) is 151 Å². The Labute approximate surface area is 864 Å². The lowest BCUT2D eigenvalue weighted by atomic mass is 9.95. The van der Waals surface area contributed by atoms with Crippen LogP contribution in [0.1, 0.15) is 172 Å². The second-order valence-corrected chi connectivity index (χ2v) is 38.0. The van der Waals surface area contributed by atoms with Gasteiger partial charge in [0.15, 0.2) is 23.2 Å². The number of aryl methyl sites for hydroxylation is 3. The lowest BCUT2D eigenvalue weighted by Crippen LogP contribution is -2.50. The van der Waals surface area contributed by atoms with Crippen LogP contribution in [0.15, 0.2) is 97.5 Å². The standard InChI is InChI=1S/C103H139N13O32S/c1-67-52-85-90(149(134,135)136)60-75-59-89(68(2)53-83(75)101(131)116(85)63-67)147-34-11-14-94(125)110-91-65-113(7)97(111-91)88(122)55-72-15-17-73(18-16-72)76-58-86(112(6)64-76)102(132)114-30-26-74-56-78(19-22-84(74)114)109-99(129)71(5)108-98(128)70(4)107-95(126)25-29-104-103(133)148-66-77(87(121)13-10-33-139-39-41-142-44-45-144-48-49-146-51-50-145-47-46-143-43-42-141-37-36-137-8)57-82(120)62-106-93(124)24-21-81(119)61-105-92(123)23-20-80(118)28-35-140-40-38-138-32-9-12-79(117)27-31-115-96(127)54-69(3)100(115)130/h15-19,22,26,30,53,56,58-59,64-65,69-71,77,85,90H,1,9-14,20-21,23-25,27-29,31-52,54-55,57,60-63,66H2,2-8H3,(H,104,133)(H,105,123)(H,106,124)(H,107,126)(H,108,128)(H,109,129)(H,110,125)(H,134,135,136)/t69?,70-,71-,77?,85-,90?/m0/s1. The number of anilines is 2. The number of methoxy groups -OCH3 is 1. The zero-order chi connectivity index (χ0) is 108. The molecule has 45 nitrogen and oxygen atoms in total. The van der Waals surface area contributed by atoms with E-state index in [0.29, 0.717) is 135 Å². The molecule has 6 heterocycles. The highest BCUT2D eigenvalue weighted by atomic mass is 32.2. The molecule has 0 bridgehead atoms. The number of carbonyl (C=O) groups is 17. The summed E-state index contributed by atoms with van der Waals surface area (Å²) in [6.07, 6.45) is 3.56. The van der Waals surface area contributed by atoms with Crippen LogP contribution in [0.3, 0.4) is 0 Å². The fourth-order valence-electron chi connectivity index (χ4n) is 16.3. The SMILES string of the molecule is C=C1C[C@H]2C(S(=O)(=O)O)Cc3cc(OCCCC(=O)Nc4cn(C)c(C(=O)Cc5ccc(-c6cc(C(=O)n7ccc8cc(NC(=O)[C@H](C)NC(=O)[C@H](C)NC(=O)CCNC(=O)OCC(CC(=O)CNC(=O)CCC(=O)CNC(=O)CCC(=O)CCOCCOCCCC(=O)CCN9C(=O)CC(C)C9=O)C(=O)CCCOCCOCCOCCOCCOCCOCCOCCOC)ccc87)n(C)c6)cc5)n4)c(C)cc3C(=O)N2C1. The van der Waals surface area contributed by atoms with Crippen LogP contribution < -0.4 is 42.0 Å². The smallest absolute Gasteiger partial charge is 0.407 e. The van der Waals surface area contributed by atoms with Gasteiger partial charge in [-0.15, -0.1) is 0 Å². The molecule has 9 rings (SSSR count). The fraction of sp³-hybridized carbons (Fsp3) is 0.553. The topological polar surface area (TPSA) is 574 Å². The lowest BCUT2D eigenvalue weighted by Gasteiger charge is -2.26. The number of Topliss-reactive ketones (excluding diaryl/α,β-unsaturated/α-hetero) is 6. The first kappa shape index (κ1) is 120. The van der Waals surface area contributed by atoms with Crippen molar-refractivity contribution in [3.63, 3.8) is 0 Å². The van der Waals surface area contributed by atoms with Gasteiger partial charge in [0, 0.05) is 184 Å². The molecule has 2 saturated heterocycles. The number of carbonyl (C=O) groups excluding carboxylic acids is 17. The van der Waals surface area contributed by atoms with Crippen molar-refractivity contribution in [2.45, 2.75) is 167 Å². The summed E-state index contributed by atoms with van der Waals surface area (Å²) in [5.74, 6) is -8.01. The molecule has 3 aromatic carbocycles. The van der Waals surface area contributed by atoms with Gasteiger partial charge in [0.25, 0.3) is 21.9 Å². The van der Waals surface area contributed by atoms with Gasteiger partial charge in [0.1, 0.15) is 52.7 Å². The number of hydrogen-bond donors (Lipinski definition) is 8. The van der Waals surface area contributed by atoms with Crippen LogP contribution in [0, 0.1) is 18.8 Å². The summed E-state index contributed by atoms with van der Waals surface area (Å²) in [7, 11) is 0.443. The molecule has 0 aliphatic carbocycles. The Kier molecular flexibility index (Phi) is 50.2. The van der Waals surface area contributed by atoms with E-state index in [-0.39, 0.29) is 246 Å². The molecule has 3 aliphatic heterocycles. The molecule has 3 aliphatic rings. The summed E-state index contributed by atoms with van der Waals surface area (Å²) in [5.41, 5.74) is 5.46. The summed E-state index contributed by atoms with van der Waals surface area (Å²) >= 11 is 0. The van der Waals surface area contributed by atoms with Gasteiger partial charge in [0.2, 0.25) is 53.0 Å². The molecule has 10 amide bonds. The molecule has 6 atom stereocenters. The third-order valence-corrected chi connectivity index (χ3v) is 25.7. The minimum absolute atomic E-state index is 0.0168. The van der Waals surface area contributed by atoms with Gasteiger partial charge in [-0.2, -0.15) is 8.42 Å². The molecule has 2 fully saturated rings. The van der Waals surface area contributed by atoms with Gasteiger partial charge in [0.05, 0.1) is 149 Å². The van der Waals surface area contributed by atoms with Gasteiger partial charge in [-0.3, -0.25) is 90.7 Å². The highest BCUT2D eigenvalue weighted by Crippen LogP contribution is 2.37. The molecule has 3 aromatic heterocycles. The van der Waals surface area contributed by atoms with E-state index in [0.717, 1.165) is 16.0 Å². The van der Waals surface area contributed by atoms with Crippen LogP contribution in [0.25, 0.3) is 22.0 Å². The van der Waals surface area contributed by atoms with Crippen LogP contribution in [0.4, 0.5) is 16.3 Å². The molecular weight excluding hydrogens is 1960 g/mol. The predicted molar refractivity (Wildman–Crippen MR) is 539 cm³/mol. The van der Waals surface area contributed by atoms with Crippen molar-refractivity contribution in [2.24, 2.45) is 25.9 Å². The average molecular weight is 2100 g/mol. The van der Waals surface area contributed by atoms with Gasteiger partial charge >= 0.3 is 6.09 Å². The van der Waals surface area contributed by atoms with E-state index >= 15 is 0 Å². The number of ether oxygens (including phenoxy) is 12. The maximum absolute atomic E-state index is 14.2. The van der Waals surface area contributed by atoms with E-state index in [1.807, 2.05) is 12.1 Å². The second kappa shape index (κ2) is 62.6. The Morgan fingerprint density at radius 1 is 0.550 bits per heavy atom. The molecule has 3 unspecified atom stereocenters. The lowest BCUT2D eigenvalue weighted by molar-refractivity contribution is -0.140. The predicted octanol–water partition coefficient (Wildman–Crippen LogP) is 5.42. The van der Waals surface area contributed by atoms with Crippen LogP contribution in [0.2, 0.25) is 0 Å². The number of ketones is 6. The molecule has 0 saturated carbocycles. The quantitative estimate of drug-likeness (QED) is 0.00776. The number of alkyl carbamates (subject to hydrolysis) is 1. The van der Waals surface area contributed by atoms with Crippen molar-refractivity contribution < 1.29 is 151 Å². The number of imide groups is 1. The van der Waals surface area contributed by atoms with Crippen molar-refractivity contribution in [3.8, 4) is 16.9 Å². The normalized spacial score (nSPS) is 15.0. The van der Waals surface area contributed by atoms with Crippen LogP contribution >= 0.6 is 0 Å². The van der Waals surface area contributed by atoms with E-state index in [1.54, 1.807) is 107 Å². The number of amides is 10. The van der Waals surface area contributed by atoms with E-state index in [9.17, 15) is 94.5 Å². The summed E-state index contributed by atoms with van der Waals surface area (Å²) in [5, 5.41) is 17.2. The number of rotatable bonds is 73. The fourth-order valence-corrected chi connectivity index (χ4v) is 17.3. The van der Waals surface area contributed by atoms with Crippen LogP contribution in [-0.4, -0.2) is 343 Å². The molecule has 814 valence electrons. The minimum atomic E-state index is -4.53. The summed E-state index contributed by atoms with van der Waals surface area (Å²) < 4.78 is 106. The Morgan fingerprint density at radius 2 is 1.13 bits per heavy atom. The Bertz CT molecular complexity index is 5740.